The molecular formula is C39H67N5O7. The number of benzene rings is 1. The maximum atomic E-state index is 14.1. The number of aliphatic hydroxyl groups excluding tert-OH is 1. The van der Waals surface area contributed by atoms with E-state index in [0.717, 1.165) is 12.8 Å². The fourth-order valence-electron chi connectivity index (χ4n) is 7.42. The lowest BCUT2D eigenvalue weighted by atomic mass is 9.89. The van der Waals surface area contributed by atoms with E-state index in [-0.39, 0.29) is 53.8 Å². The largest absolute Gasteiger partial charge is 0.386 e. The third kappa shape index (κ3) is 11.5. The summed E-state index contributed by atoms with van der Waals surface area (Å²) < 4.78 is 11.9. The molecule has 10 atom stereocenters. The van der Waals surface area contributed by atoms with Crippen LogP contribution in [-0.4, -0.2) is 116 Å². The van der Waals surface area contributed by atoms with E-state index in [0.29, 0.717) is 18.5 Å². The van der Waals surface area contributed by atoms with Gasteiger partial charge in [-0.2, -0.15) is 0 Å². The molecule has 1 aromatic carbocycles. The van der Waals surface area contributed by atoms with Gasteiger partial charge in [0, 0.05) is 27.8 Å². The van der Waals surface area contributed by atoms with Crippen LogP contribution < -0.4 is 16.0 Å². The molecule has 0 saturated carbocycles. The zero-order valence-corrected chi connectivity index (χ0v) is 33.1. The minimum absolute atomic E-state index is 0.0148. The summed E-state index contributed by atoms with van der Waals surface area (Å²) in [6, 6.07) is 6.67. The van der Waals surface area contributed by atoms with Crippen LogP contribution in [0.25, 0.3) is 0 Å². The Labute approximate surface area is 306 Å². The van der Waals surface area contributed by atoms with Crippen molar-refractivity contribution in [2.24, 2.45) is 23.7 Å². The zero-order chi connectivity index (χ0) is 38.6. The first-order valence-electron chi connectivity index (χ1n) is 18.7. The summed E-state index contributed by atoms with van der Waals surface area (Å²) in [5.74, 6) is -1.62. The Morgan fingerprint density at radius 2 is 1.53 bits per heavy atom. The highest BCUT2D eigenvalue weighted by molar-refractivity contribution is 5.90. The predicted molar refractivity (Wildman–Crippen MR) is 200 cm³/mol. The molecule has 1 aromatic rings. The molecule has 4 amide bonds. The molecule has 290 valence electrons. The van der Waals surface area contributed by atoms with Crippen LogP contribution in [0, 0.1) is 23.7 Å². The van der Waals surface area contributed by atoms with Crippen molar-refractivity contribution in [2.45, 2.75) is 130 Å². The van der Waals surface area contributed by atoms with Crippen LogP contribution in [-0.2, 0) is 28.7 Å². The number of amides is 4. The van der Waals surface area contributed by atoms with Crippen LogP contribution in [0.2, 0.25) is 0 Å². The summed E-state index contributed by atoms with van der Waals surface area (Å²) in [7, 11) is 6.57. The van der Waals surface area contributed by atoms with Crippen LogP contribution in [0.3, 0.4) is 0 Å². The molecule has 0 radical (unpaired) electrons. The van der Waals surface area contributed by atoms with Crippen molar-refractivity contribution >= 4 is 23.6 Å². The number of nitrogens with one attached hydrogen (secondary N) is 3. The topological polar surface area (TPSA) is 150 Å². The van der Waals surface area contributed by atoms with E-state index in [1.165, 1.54) is 0 Å². The Morgan fingerprint density at radius 1 is 0.922 bits per heavy atom. The minimum atomic E-state index is -0.875. The SMILES string of the molecule is CC[C@H](C)[C@@H](C(CC(=O)N1CCC[C@H]1[C@H](OC)[C@@H](C)C(=O)N[C@H](C)C(O)c1ccccc1)OC)N(C)C(=O)[C@@H](NC(=O)[C@@H](NC)C(C)C)C(C)C. The van der Waals surface area contributed by atoms with Gasteiger partial charge in [0.25, 0.3) is 0 Å². The molecule has 1 aliphatic rings. The predicted octanol–water partition coefficient (Wildman–Crippen LogP) is 3.53. The maximum Gasteiger partial charge on any atom is 0.245 e. The third-order valence-corrected chi connectivity index (χ3v) is 10.7. The van der Waals surface area contributed by atoms with E-state index in [1.54, 1.807) is 52.0 Å². The van der Waals surface area contributed by atoms with Crippen LogP contribution in [0.15, 0.2) is 30.3 Å². The number of carbonyl (C=O) groups excluding carboxylic acids is 4. The molecule has 12 nitrogen and oxygen atoms in total. The lowest BCUT2D eigenvalue weighted by Crippen LogP contribution is -2.59. The lowest BCUT2D eigenvalue weighted by Gasteiger charge is -2.41. The van der Waals surface area contributed by atoms with Gasteiger partial charge in [0.05, 0.1) is 54.8 Å². The molecule has 4 N–H and O–H groups in total. The van der Waals surface area contributed by atoms with Crippen molar-refractivity contribution in [2.75, 3.05) is 34.9 Å². The number of nitrogens with zero attached hydrogens (tertiary/aromatic N) is 2. The number of rotatable bonds is 20. The first kappa shape index (κ1) is 44.1. The van der Waals surface area contributed by atoms with E-state index in [1.807, 2.05) is 71.9 Å². The number of hydrogen-bond acceptors (Lipinski definition) is 8. The maximum absolute atomic E-state index is 14.1. The van der Waals surface area contributed by atoms with E-state index in [2.05, 4.69) is 16.0 Å². The molecule has 1 saturated heterocycles. The molecule has 51 heavy (non-hydrogen) atoms. The quantitative estimate of drug-likeness (QED) is 0.160. The highest BCUT2D eigenvalue weighted by Crippen LogP contribution is 2.30. The first-order chi connectivity index (χ1) is 24.0. The molecule has 1 aliphatic heterocycles. The van der Waals surface area contributed by atoms with E-state index < -0.39 is 48.4 Å². The molecule has 2 rings (SSSR count). The lowest BCUT2D eigenvalue weighted by molar-refractivity contribution is -0.148. The fraction of sp³-hybridized carbons (Fsp3) is 0.744. The van der Waals surface area contributed by atoms with Gasteiger partial charge >= 0.3 is 0 Å². The number of hydrogen-bond donors (Lipinski definition) is 4. The Morgan fingerprint density at radius 3 is 2.04 bits per heavy atom. The summed E-state index contributed by atoms with van der Waals surface area (Å²) in [5.41, 5.74) is 0.711. The molecule has 2 unspecified atom stereocenters. The highest BCUT2D eigenvalue weighted by atomic mass is 16.5. The van der Waals surface area contributed by atoms with Crippen molar-refractivity contribution in [3.8, 4) is 0 Å². The molecule has 0 spiro atoms. The van der Waals surface area contributed by atoms with Crippen molar-refractivity contribution in [3.05, 3.63) is 35.9 Å². The smallest absolute Gasteiger partial charge is 0.245 e. The second-order valence-electron chi connectivity index (χ2n) is 15.0. The Hall–Kier alpha value is -3.06. The van der Waals surface area contributed by atoms with Gasteiger partial charge in [0.1, 0.15) is 6.04 Å². The van der Waals surface area contributed by atoms with Gasteiger partial charge in [-0.25, -0.2) is 0 Å². The number of carbonyl (C=O) groups is 4. The summed E-state index contributed by atoms with van der Waals surface area (Å²) >= 11 is 0. The van der Waals surface area contributed by atoms with Crippen LogP contribution in [0.5, 0.6) is 0 Å². The molecule has 0 aliphatic carbocycles. The fourth-order valence-corrected chi connectivity index (χ4v) is 7.42. The molecule has 12 heteroatoms. The Balaban J connectivity index is 2.24. The minimum Gasteiger partial charge on any atom is -0.386 e. The zero-order valence-electron chi connectivity index (χ0n) is 33.1. The van der Waals surface area contributed by atoms with Gasteiger partial charge in [0.2, 0.25) is 23.6 Å². The normalized spacial score (nSPS) is 20.1. The Bertz CT molecular complexity index is 1250. The van der Waals surface area contributed by atoms with E-state index in [4.69, 9.17) is 9.47 Å². The summed E-state index contributed by atoms with van der Waals surface area (Å²) in [5, 5.41) is 19.8. The standard InChI is InChI=1S/C39H67N5O7/c1-13-25(6)34(43(10)39(49)33(24(4)5)42-38(48)32(40-9)23(2)3)30(50-11)22-31(45)44-21-17-20-29(44)36(51-12)26(7)37(47)41-27(8)35(46)28-18-15-14-16-19-28/h14-16,18-19,23-27,29-30,32-36,40,46H,13,17,20-22H2,1-12H3,(H,41,47)(H,42,48)/t25-,26+,27+,29-,30?,32-,33-,34-,35?,36+/m0/s1. The molecular weight excluding hydrogens is 650 g/mol. The second-order valence-corrected chi connectivity index (χ2v) is 15.0. The average Bonchev–Trinajstić information content (AvgIpc) is 3.59. The third-order valence-electron chi connectivity index (χ3n) is 10.7. The van der Waals surface area contributed by atoms with Crippen molar-refractivity contribution in [3.63, 3.8) is 0 Å². The van der Waals surface area contributed by atoms with Gasteiger partial charge in [-0.15, -0.1) is 0 Å². The van der Waals surface area contributed by atoms with E-state index in [9.17, 15) is 24.3 Å². The highest BCUT2D eigenvalue weighted by Gasteiger charge is 2.43. The van der Waals surface area contributed by atoms with Gasteiger partial charge in [0.15, 0.2) is 0 Å². The average molecular weight is 718 g/mol. The van der Waals surface area contributed by atoms with Gasteiger partial charge < -0.3 is 40.3 Å². The van der Waals surface area contributed by atoms with Gasteiger partial charge in [-0.1, -0.05) is 85.2 Å². The second kappa shape index (κ2) is 20.8. The van der Waals surface area contributed by atoms with Crippen LogP contribution in [0.4, 0.5) is 0 Å². The molecule has 0 bridgehead atoms. The van der Waals surface area contributed by atoms with Crippen LogP contribution >= 0.6 is 0 Å². The number of ether oxygens (including phenoxy) is 2. The van der Waals surface area contributed by atoms with Gasteiger partial charge in [-0.3, -0.25) is 19.2 Å². The van der Waals surface area contributed by atoms with Crippen molar-refractivity contribution < 1.29 is 33.8 Å². The van der Waals surface area contributed by atoms with E-state index >= 15 is 0 Å². The summed E-state index contributed by atoms with van der Waals surface area (Å²) in [6.45, 7) is 15.9. The molecule has 1 heterocycles. The number of likely N-dealkylation sites (N-methyl/N-ethyl adjacent to an activating group) is 2. The number of likely N-dealkylation sites (tertiary alicyclic amines) is 1. The summed E-state index contributed by atoms with van der Waals surface area (Å²) in [6.07, 6.45) is 0.147. The molecule has 1 fully saturated rings. The van der Waals surface area contributed by atoms with Crippen LogP contribution in [0.1, 0.15) is 92.7 Å². The summed E-state index contributed by atoms with van der Waals surface area (Å²) in [4.78, 5) is 58.3. The first-order valence-corrected chi connectivity index (χ1v) is 18.7. The molecule has 0 aromatic heterocycles. The number of methoxy groups -OCH3 is 2. The Kier molecular flexibility index (Phi) is 18.0. The van der Waals surface area contributed by atoms with Crippen molar-refractivity contribution in [1.29, 1.82) is 0 Å². The van der Waals surface area contributed by atoms with Crippen molar-refractivity contribution in [1.82, 2.24) is 25.8 Å². The van der Waals surface area contributed by atoms with Gasteiger partial charge in [-0.05, 0) is 50.1 Å². The monoisotopic (exact) mass is 718 g/mol. The number of aliphatic hydroxyl groups is 1.